The minimum atomic E-state index is -0.675. The van der Waals surface area contributed by atoms with Gasteiger partial charge < -0.3 is 20.5 Å². The lowest BCUT2D eigenvalue weighted by Gasteiger charge is -2.31. The van der Waals surface area contributed by atoms with E-state index in [2.05, 4.69) is 32.4 Å². The molecule has 1 aliphatic heterocycles. The van der Waals surface area contributed by atoms with Crippen LogP contribution in [0, 0.1) is 0 Å². The van der Waals surface area contributed by atoms with Crippen molar-refractivity contribution in [3.05, 3.63) is 72.9 Å². The third kappa shape index (κ3) is 5.04. The normalized spacial score (nSPS) is 15.0. The number of hydrogen-bond donors (Lipinski definition) is 4. The van der Waals surface area contributed by atoms with Gasteiger partial charge in [-0.05, 0) is 35.9 Å². The summed E-state index contributed by atoms with van der Waals surface area (Å²) in [5, 5.41) is 24.4. The monoisotopic (exact) mass is 471 g/mol. The summed E-state index contributed by atoms with van der Waals surface area (Å²) in [4.78, 5) is 23.0. The molecule has 35 heavy (non-hydrogen) atoms. The van der Waals surface area contributed by atoms with Crippen LogP contribution >= 0.6 is 0 Å². The van der Waals surface area contributed by atoms with E-state index >= 15 is 0 Å². The van der Waals surface area contributed by atoms with Gasteiger partial charge in [-0.1, -0.05) is 30.8 Å². The van der Waals surface area contributed by atoms with E-state index in [-0.39, 0.29) is 5.91 Å². The molecule has 0 aliphatic carbocycles. The SMILES string of the molecule is C=CC(=O)Nc1cccc(-c2nc(Nc3ccc(C(O)N4CCOCC4)cc3)nc3[nH]ncc23)c1. The predicted octanol–water partition coefficient (Wildman–Crippen LogP) is 3.21. The van der Waals surface area contributed by atoms with Crippen LogP contribution in [0.25, 0.3) is 22.3 Å². The van der Waals surface area contributed by atoms with Crippen LogP contribution in [0.3, 0.4) is 0 Å². The molecule has 1 saturated heterocycles. The van der Waals surface area contributed by atoms with Crippen molar-refractivity contribution in [1.29, 1.82) is 0 Å². The van der Waals surface area contributed by atoms with Gasteiger partial charge in [0.25, 0.3) is 0 Å². The number of hydrogen-bond acceptors (Lipinski definition) is 8. The molecule has 3 heterocycles. The van der Waals surface area contributed by atoms with Crippen LogP contribution in [0.15, 0.2) is 67.4 Å². The number of nitrogens with zero attached hydrogens (tertiary/aromatic N) is 4. The molecule has 0 bridgehead atoms. The van der Waals surface area contributed by atoms with E-state index in [1.54, 1.807) is 12.3 Å². The molecule has 1 aliphatic rings. The molecular weight excluding hydrogens is 446 g/mol. The molecule has 0 saturated carbocycles. The molecule has 2 aromatic carbocycles. The number of anilines is 3. The maximum atomic E-state index is 11.7. The molecule has 1 atom stereocenters. The summed E-state index contributed by atoms with van der Waals surface area (Å²) in [7, 11) is 0. The second-order valence-electron chi connectivity index (χ2n) is 8.07. The fourth-order valence-corrected chi connectivity index (χ4v) is 3.95. The summed E-state index contributed by atoms with van der Waals surface area (Å²) in [5.41, 5.74) is 4.26. The van der Waals surface area contributed by atoms with Gasteiger partial charge in [-0.25, -0.2) is 4.98 Å². The molecule has 1 unspecified atom stereocenters. The van der Waals surface area contributed by atoms with Crippen molar-refractivity contribution in [2.75, 3.05) is 36.9 Å². The number of H-pyrrole nitrogens is 1. The minimum Gasteiger partial charge on any atom is -0.379 e. The molecule has 2 aromatic heterocycles. The molecule has 1 amide bonds. The summed E-state index contributed by atoms with van der Waals surface area (Å²) in [5.74, 6) is 0.0987. The minimum absolute atomic E-state index is 0.289. The zero-order chi connectivity index (χ0) is 24.2. The van der Waals surface area contributed by atoms with Gasteiger partial charge in [-0.15, -0.1) is 0 Å². The largest absolute Gasteiger partial charge is 0.379 e. The van der Waals surface area contributed by atoms with Gasteiger partial charge in [0.15, 0.2) is 5.65 Å². The number of morpholine rings is 1. The Balaban J connectivity index is 1.40. The lowest BCUT2D eigenvalue weighted by atomic mass is 10.1. The second-order valence-corrected chi connectivity index (χ2v) is 8.07. The topological polar surface area (TPSA) is 128 Å². The van der Waals surface area contributed by atoms with Crippen LogP contribution in [-0.2, 0) is 9.53 Å². The quantitative estimate of drug-likeness (QED) is 0.303. The Morgan fingerprint density at radius 1 is 1.14 bits per heavy atom. The van der Waals surface area contributed by atoms with Gasteiger partial charge in [0, 0.05) is 30.0 Å². The van der Waals surface area contributed by atoms with E-state index in [0.717, 1.165) is 22.2 Å². The van der Waals surface area contributed by atoms with Gasteiger partial charge in [0.1, 0.15) is 6.23 Å². The summed E-state index contributed by atoms with van der Waals surface area (Å²) >= 11 is 0. The number of ether oxygens (including phenoxy) is 1. The molecular formula is C25H25N7O3. The lowest BCUT2D eigenvalue weighted by molar-refractivity contribution is -0.111. The highest BCUT2D eigenvalue weighted by atomic mass is 16.5. The van der Waals surface area contributed by atoms with Crippen LogP contribution in [0.4, 0.5) is 17.3 Å². The fourth-order valence-electron chi connectivity index (χ4n) is 3.95. The number of carbonyl (C=O) groups excluding carboxylic acids is 1. The standard InChI is InChI=1S/C25H25N7O3/c1-2-21(33)27-19-5-3-4-17(14-19)22-20-15-26-31-23(20)30-25(29-22)28-18-8-6-16(7-9-18)24(34)32-10-12-35-13-11-32/h2-9,14-15,24,34H,1,10-13H2,(H,27,33)(H2,26,28,29,30,31). The van der Waals surface area contributed by atoms with Gasteiger partial charge in [0.2, 0.25) is 11.9 Å². The van der Waals surface area contributed by atoms with E-state index in [4.69, 9.17) is 9.72 Å². The lowest BCUT2D eigenvalue weighted by Crippen LogP contribution is -2.38. The number of aliphatic hydroxyl groups is 1. The first kappa shape index (κ1) is 22.7. The van der Waals surface area contributed by atoms with Crippen LogP contribution in [0.1, 0.15) is 11.8 Å². The summed E-state index contributed by atoms with van der Waals surface area (Å²) < 4.78 is 5.36. The average molecular weight is 472 g/mol. The Morgan fingerprint density at radius 3 is 2.71 bits per heavy atom. The van der Waals surface area contributed by atoms with Crippen molar-refractivity contribution >= 4 is 34.3 Å². The van der Waals surface area contributed by atoms with Gasteiger partial charge >= 0.3 is 0 Å². The summed E-state index contributed by atoms with van der Waals surface area (Å²) in [6.07, 6.45) is 2.22. The number of rotatable bonds is 7. The highest BCUT2D eigenvalue weighted by Crippen LogP contribution is 2.29. The molecule has 0 spiro atoms. The number of fused-ring (bicyclic) bond motifs is 1. The van der Waals surface area contributed by atoms with Crippen molar-refractivity contribution in [2.45, 2.75) is 6.23 Å². The fraction of sp³-hybridized carbons (Fsp3) is 0.200. The molecule has 4 N–H and O–H groups in total. The molecule has 10 nitrogen and oxygen atoms in total. The highest BCUT2D eigenvalue weighted by Gasteiger charge is 2.20. The first-order valence-electron chi connectivity index (χ1n) is 11.2. The van der Waals surface area contributed by atoms with E-state index in [9.17, 15) is 9.90 Å². The van der Waals surface area contributed by atoms with E-state index in [1.807, 2.05) is 47.4 Å². The Labute approximate surface area is 201 Å². The molecule has 1 fully saturated rings. The number of amides is 1. The molecule has 10 heteroatoms. The van der Waals surface area contributed by atoms with Crippen LogP contribution in [0.2, 0.25) is 0 Å². The zero-order valence-electron chi connectivity index (χ0n) is 18.9. The second kappa shape index (κ2) is 10.0. The van der Waals surface area contributed by atoms with Crippen molar-refractivity contribution in [1.82, 2.24) is 25.1 Å². The number of benzene rings is 2. The Hall–Kier alpha value is -4.12. The number of aromatic nitrogens is 4. The summed E-state index contributed by atoms with van der Waals surface area (Å²) in [6.45, 7) is 6.12. The van der Waals surface area contributed by atoms with Crippen LogP contribution in [0.5, 0.6) is 0 Å². The highest BCUT2D eigenvalue weighted by molar-refractivity contribution is 5.99. The number of aliphatic hydroxyl groups excluding tert-OH is 1. The van der Waals surface area contributed by atoms with Gasteiger partial charge in [-0.3, -0.25) is 14.8 Å². The number of nitrogens with one attached hydrogen (secondary N) is 3. The van der Waals surface area contributed by atoms with Crippen molar-refractivity contribution in [3.63, 3.8) is 0 Å². The van der Waals surface area contributed by atoms with Gasteiger partial charge in [-0.2, -0.15) is 10.1 Å². The smallest absolute Gasteiger partial charge is 0.247 e. The first-order valence-corrected chi connectivity index (χ1v) is 11.2. The van der Waals surface area contributed by atoms with Crippen molar-refractivity contribution in [2.24, 2.45) is 0 Å². The number of carbonyl (C=O) groups is 1. The van der Waals surface area contributed by atoms with Gasteiger partial charge in [0.05, 0.1) is 30.5 Å². The van der Waals surface area contributed by atoms with E-state index in [0.29, 0.717) is 49.3 Å². The van der Waals surface area contributed by atoms with Crippen LogP contribution < -0.4 is 10.6 Å². The maximum Gasteiger partial charge on any atom is 0.247 e. The maximum absolute atomic E-state index is 11.7. The Kier molecular flexibility index (Phi) is 6.49. The van der Waals surface area contributed by atoms with Crippen molar-refractivity contribution in [3.8, 4) is 11.3 Å². The third-order valence-electron chi connectivity index (χ3n) is 5.76. The molecule has 5 rings (SSSR count). The molecule has 4 aromatic rings. The average Bonchev–Trinajstić information content (AvgIpc) is 3.37. The number of aromatic amines is 1. The zero-order valence-corrected chi connectivity index (χ0v) is 18.9. The molecule has 178 valence electrons. The van der Waals surface area contributed by atoms with E-state index < -0.39 is 6.23 Å². The Morgan fingerprint density at radius 2 is 1.94 bits per heavy atom. The predicted molar refractivity (Wildman–Crippen MR) is 133 cm³/mol. The Bertz CT molecular complexity index is 1350. The van der Waals surface area contributed by atoms with Crippen molar-refractivity contribution < 1.29 is 14.6 Å². The third-order valence-corrected chi connectivity index (χ3v) is 5.76. The first-order chi connectivity index (χ1) is 17.1. The molecule has 0 radical (unpaired) electrons. The van der Waals surface area contributed by atoms with E-state index in [1.165, 1.54) is 6.08 Å². The van der Waals surface area contributed by atoms with Crippen LogP contribution in [-0.4, -0.2) is 62.4 Å². The summed E-state index contributed by atoms with van der Waals surface area (Å²) in [6, 6.07) is 14.9.